The monoisotopic (exact) mass is 241 g/mol. The number of ether oxygens (including phenoxy) is 1. The van der Waals surface area contributed by atoms with Crippen LogP contribution in [0.4, 0.5) is 0 Å². The van der Waals surface area contributed by atoms with E-state index in [2.05, 4.69) is 16.6 Å². The van der Waals surface area contributed by atoms with E-state index in [9.17, 15) is 9.59 Å². The molecule has 0 aliphatic rings. The maximum absolute atomic E-state index is 11.6. The molecule has 0 atom stereocenters. The number of hydrogen-bond acceptors (Lipinski definition) is 4. The van der Waals surface area contributed by atoms with E-state index < -0.39 is 5.97 Å². The van der Waals surface area contributed by atoms with Gasteiger partial charge in [-0.1, -0.05) is 30.0 Å². The number of methoxy groups -OCH3 is 1. The van der Waals surface area contributed by atoms with E-state index in [4.69, 9.17) is 5.26 Å². The summed E-state index contributed by atoms with van der Waals surface area (Å²) in [5.41, 5.74) is 0.915. The molecule has 0 heterocycles. The summed E-state index contributed by atoms with van der Waals surface area (Å²) in [5, 5.41) is 8.50. The molecule has 90 valence electrons. The van der Waals surface area contributed by atoms with Crippen LogP contribution in [0.3, 0.4) is 0 Å². The zero-order valence-electron chi connectivity index (χ0n) is 9.90. The van der Waals surface area contributed by atoms with Gasteiger partial charge in [-0.2, -0.15) is 5.26 Å². The van der Waals surface area contributed by atoms with E-state index in [-0.39, 0.29) is 18.6 Å². The topological polar surface area (TPSA) is 67.2 Å². The van der Waals surface area contributed by atoms with Crippen LogP contribution in [0.2, 0.25) is 0 Å². The maximum atomic E-state index is 11.6. The molecule has 4 nitrogen and oxygen atoms in total. The molecule has 0 saturated carbocycles. The molecule has 1 aromatic rings. The van der Waals surface area contributed by atoms with Gasteiger partial charge in [-0.3, -0.25) is 9.59 Å². The lowest BCUT2D eigenvalue weighted by Gasteiger charge is -1.99. The van der Waals surface area contributed by atoms with Gasteiger partial charge in [-0.25, -0.2) is 0 Å². The van der Waals surface area contributed by atoms with Crippen molar-refractivity contribution in [2.45, 2.75) is 12.8 Å². The summed E-state index contributed by atoms with van der Waals surface area (Å²) in [6.07, 6.45) is -0.215. The van der Waals surface area contributed by atoms with Gasteiger partial charge in [0, 0.05) is 11.1 Å². The standard InChI is InChI=1S/C14H11NO3/c1-18-14(17)8-4-6-11-5-2-3-7-12(11)13(16)9-10-15/h2-3,5,7H,8-9H2,1H3. The summed E-state index contributed by atoms with van der Waals surface area (Å²) in [6.45, 7) is 0. The average Bonchev–Trinajstić information content (AvgIpc) is 2.39. The summed E-state index contributed by atoms with van der Waals surface area (Å²) in [6, 6.07) is 8.54. The molecule has 0 aromatic heterocycles. The molecule has 4 heteroatoms. The van der Waals surface area contributed by atoms with Crippen LogP contribution in [-0.2, 0) is 9.53 Å². The van der Waals surface area contributed by atoms with Gasteiger partial charge in [0.2, 0.25) is 0 Å². The third-order valence-corrected chi connectivity index (χ3v) is 2.15. The van der Waals surface area contributed by atoms with Gasteiger partial charge in [-0.15, -0.1) is 0 Å². The highest BCUT2D eigenvalue weighted by Crippen LogP contribution is 2.09. The average molecular weight is 241 g/mol. The van der Waals surface area contributed by atoms with Crippen molar-refractivity contribution in [3.05, 3.63) is 35.4 Å². The van der Waals surface area contributed by atoms with E-state index in [1.165, 1.54) is 7.11 Å². The first-order chi connectivity index (χ1) is 8.69. The molecule has 0 amide bonds. The van der Waals surface area contributed by atoms with Gasteiger partial charge in [0.25, 0.3) is 0 Å². The molecule has 0 spiro atoms. The predicted octanol–water partition coefficient (Wildman–Crippen LogP) is 1.70. The van der Waals surface area contributed by atoms with Crippen LogP contribution in [0, 0.1) is 23.2 Å². The predicted molar refractivity (Wildman–Crippen MR) is 64.5 cm³/mol. The van der Waals surface area contributed by atoms with E-state index in [1.807, 2.05) is 0 Å². The number of esters is 1. The van der Waals surface area contributed by atoms with Gasteiger partial charge in [0.1, 0.15) is 6.42 Å². The molecule has 0 fully saturated rings. The number of nitrogens with zero attached hydrogens (tertiary/aromatic N) is 1. The summed E-state index contributed by atoms with van der Waals surface area (Å²) >= 11 is 0. The second-order valence-electron chi connectivity index (χ2n) is 3.36. The smallest absolute Gasteiger partial charge is 0.317 e. The highest BCUT2D eigenvalue weighted by atomic mass is 16.5. The zero-order chi connectivity index (χ0) is 13.4. The molecule has 18 heavy (non-hydrogen) atoms. The second-order valence-corrected chi connectivity index (χ2v) is 3.36. The lowest BCUT2D eigenvalue weighted by molar-refractivity contribution is -0.139. The van der Waals surface area contributed by atoms with Gasteiger partial charge in [0.15, 0.2) is 5.78 Å². The molecular formula is C14H11NO3. The Balaban J connectivity index is 2.93. The van der Waals surface area contributed by atoms with Crippen molar-refractivity contribution in [3.63, 3.8) is 0 Å². The van der Waals surface area contributed by atoms with Crippen LogP contribution in [0.1, 0.15) is 28.8 Å². The van der Waals surface area contributed by atoms with Crippen LogP contribution >= 0.6 is 0 Å². The lowest BCUT2D eigenvalue weighted by Crippen LogP contribution is -2.01. The van der Waals surface area contributed by atoms with Crippen LogP contribution in [0.15, 0.2) is 24.3 Å². The summed E-state index contributed by atoms with van der Waals surface area (Å²) in [5.74, 6) is 4.66. The minimum absolute atomic E-state index is 0.0305. The molecule has 0 N–H and O–H groups in total. The van der Waals surface area contributed by atoms with Gasteiger partial charge < -0.3 is 4.74 Å². The third-order valence-electron chi connectivity index (χ3n) is 2.15. The molecule has 1 aromatic carbocycles. The van der Waals surface area contributed by atoms with Crippen molar-refractivity contribution in [2.75, 3.05) is 7.11 Å². The van der Waals surface area contributed by atoms with Crippen molar-refractivity contribution >= 4 is 11.8 Å². The molecule has 0 aliphatic heterocycles. The first kappa shape index (κ1) is 13.5. The number of carbonyl (C=O) groups excluding carboxylic acids is 2. The Labute approximate surface area is 105 Å². The first-order valence-electron chi connectivity index (χ1n) is 5.24. The largest absolute Gasteiger partial charge is 0.468 e. The minimum Gasteiger partial charge on any atom is -0.468 e. The normalized spacial score (nSPS) is 8.67. The minimum atomic E-state index is -0.427. The molecule has 0 aliphatic carbocycles. The number of ketones is 1. The van der Waals surface area contributed by atoms with Crippen molar-refractivity contribution in [1.29, 1.82) is 5.26 Å². The molecule has 0 radical (unpaired) electrons. The molecule has 0 bridgehead atoms. The Hall–Kier alpha value is -2.59. The number of rotatable bonds is 3. The Morgan fingerprint density at radius 1 is 1.28 bits per heavy atom. The quantitative estimate of drug-likeness (QED) is 0.459. The zero-order valence-corrected chi connectivity index (χ0v) is 9.90. The summed E-state index contributed by atoms with van der Waals surface area (Å²) < 4.78 is 4.45. The molecular weight excluding hydrogens is 230 g/mol. The second kappa shape index (κ2) is 6.88. The number of benzene rings is 1. The van der Waals surface area contributed by atoms with E-state index in [1.54, 1.807) is 30.3 Å². The Bertz CT molecular complexity index is 558. The first-order valence-corrected chi connectivity index (χ1v) is 5.24. The van der Waals surface area contributed by atoms with E-state index >= 15 is 0 Å². The highest BCUT2D eigenvalue weighted by Gasteiger charge is 2.08. The number of carbonyl (C=O) groups is 2. The molecule has 1 rings (SSSR count). The Kier molecular flexibility index (Phi) is 5.15. The van der Waals surface area contributed by atoms with Crippen LogP contribution in [0.5, 0.6) is 0 Å². The fraction of sp³-hybridized carbons (Fsp3) is 0.214. The van der Waals surface area contributed by atoms with Crippen LogP contribution < -0.4 is 0 Å². The maximum Gasteiger partial charge on any atom is 0.317 e. The molecule has 0 unspecified atom stereocenters. The van der Waals surface area contributed by atoms with Crippen molar-refractivity contribution in [3.8, 4) is 17.9 Å². The van der Waals surface area contributed by atoms with Crippen LogP contribution in [-0.4, -0.2) is 18.9 Å². The molecule has 0 saturated heterocycles. The van der Waals surface area contributed by atoms with E-state index in [0.29, 0.717) is 11.1 Å². The fourth-order valence-electron chi connectivity index (χ4n) is 1.29. The van der Waals surface area contributed by atoms with Gasteiger partial charge in [0.05, 0.1) is 19.6 Å². The van der Waals surface area contributed by atoms with E-state index in [0.717, 1.165) is 0 Å². The van der Waals surface area contributed by atoms with Crippen molar-refractivity contribution < 1.29 is 14.3 Å². The van der Waals surface area contributed by atoms with Crippen molar-refractivity contribution in [1.82, 2.24) is 0 Å². The SMILES string of the molecule is COC(=O)CC#Cc1ccccc1C(=O)CC#N. The Morgan fingerprint density at radius 3 is 2.67 bits per heavy atom. The van der Waals surface area contributed by atoms with Crippen molar-refractivity contribution in [2.24, 2.45) is 0 Å². The van der Waals surface area contributed by atoms with Gasteiger partial charge in [-0.05, 0) is 6.07 Å². The fourth-order valence-corrected chi connectivity index (χ4v) is 1.29. The summed E-state index contributed by atoms with van der Waals surface area (Å²) in [7, 11) is 1.29. The number of nitriles is 1. The lowest BCUT2D eigenvalue weighted by atomic mass is 10.0. The highest BCUT2D eigenvalue weighted by molar-refractivity contribution is 5.99. The Morgan fingerprint density at radius 2 is 2.00 bits per heavy atom. The summed E-state index contributed by atoms with van der Waals surface area (Å²) in [4.78, 5) is 22.5. The van der Waals surface area contributed by atoms with Crippen LogP contribution in [0.25, 0.3) is 0 Å². The number of Topliss-reactive ketones (excluding diaryl/α,β-unsaturated/α-hetero) is 1. The van der Waals surface area contributed by atoms with Gasteiger partial charge >= 0.3 is 5.97 Å². The third kappa shape index (κ3) is 3.77. The number of hydrogen-bond donors (Lipinski definition) is 0.